The SMILES string of the molecule is Cc1cc(OCc2nc(-c3ccccc3)no2)c(C)cc1Br. The summed E-state index contributed by atoms with van der Waals surface area (Å²) in [4.78, 5) is 4.35. The van der Waals surface area contributed by atoms with E-state index in [2.05, 4.69) is 26.1 Å². The second kappa shape index (κ2) is 6.32. The number of aromatic nitrogens is 2. The Morgan fingerprint density at radius 3 is 2.64 bits per heavy atom. The van der Waals surface area contributed by atoms with E-state index in [1.165, 1.54) is 0 Å². The summed E-state index contributed by atoms with van der Waals surface area (Å²) >= 11 is 3.51. The zero-order chi connectivity index (χ0) is 15.5. The summed E-state index contributed by atoms with van der Waals surface area (Å²) in [7, 11) is 0. The van der Waals surface area contributed by atoms with Crippen LogP contribution in [0, 0.1) is 13.8 Å². The molecule has 0 saturated carbocycles. The van der Waals surface area contributed by atoms with Crippen molar-refractivity contribution in [2.75, 3.05) is 0 Å². The Kier molecular flexibility index (Phi) is 4.24. The Hall–Kier alpha value is -2.14. The highest BCUT2D eigenvalue weighted by Gasteiger charge is 2.10. The minimum Gasteiger partial charge on any atom is -0.483 e. The van der Waals surface area contributed by atoms with E-state index in [1.54, 1.807) is 0 Å². The summed E-state index contributed by atoms with van der Waals surface area (Å²) in [6, 6.07) is 13.7. The maximum atomic E-state index is 5.79. The van der Waals surface area contributed by atoms with Crippen molar-refractivity contribution in [3.8, 4) is 17.1 Å². The van der Waals surface area contributed by atoms with Crippen LogP contribution in [0.3, 0.4) is 0 Å². The Morgan fingerprint density at radius 1 is 1.09 bits per heavy atom. The highest BCUT2D eigenvalue weighted by atomic mass is 79.9. The third-order valence-corrected chi connectivity index (χ3v) is 4.16. The fourth-order valence-corrected chi connectivity index (χ4v) is 2.53. The van der Waals surface area contributed by atoms with Gasteiger partial charge in [-0.1, -0.05) is 51.4 Å². The molecule has 0 aliphatic heterocycles. The first-order valence-corrected chi connectivity index (χ1v) is 7.70. The molecule has 0 radical (unpaired) electrons. The van der Waals surface area contributed by atoms with Crippen molar-refractivity contribution in [3.05, 3.63) is 64.0 Å². The van der Waals surface area contributed by atoms with Crippen molar-refractivity contribution in [2.24, 2.45) is 0 Å². The molecule has 0 spiro atoms. The quantitative estimate of drug-likeness (QED) is 0.678. The minimum atomic E-state index is 0.252. The molecule has 0 saturated heterocycles. The highest BCUT2D eigenvalue weighted by Crippen LogP contribution is 2.27. The highest BCUT2D eigenvalue weighted by molar-refractivity contribution is 9.10. The molecule has 4 nitrogen and oxygen atoms in total. The van der Waals surface area contributed by atoms with Gasteiger partial charge in [0.15, 0.2) is 6.61 Å². The van der Waals surface area contributed by atoms with E-state index in [0.29, 0.717) is 11.7 Å². The van der Waals surface area contributed by atoms with Gasteiger partial charge in [-0.05, 0) is 37.1 Å². The molecule has 5 heteroatoms. The van der Waals surface area contributed by atoms with Crippen molar-refractivity contribution in [1.29, 1.82) is 0 Å². The van der Waals surface area contributed by atoms with Gasteiger partial charge in [-0.15, -0.1) is 0 Å². The van der Waals surface area contributed by atoms with Crippen LogP contribution >= 0.6 is 15.9 Å². The zero-order valence-electron chi connectivity index (χ0n) is 12.3. The molecule has 2 aromatic carbocycles. The Morgan fingerprint density at radius 2 is 1.86 bits per heavy atom. The van der Waals surface area contributed by atoms with Gasteiger partial charge in [-0.25, -0.2) is 0 Å². The van der Waals surface area contributed by atoms with E-state index < -0.39 is 0 Å². The van der Waals surface area contributed by atoms with Gasteiger partial charge in [0.05, 0.1) is 0 Å². The number of benzene rings is 2. The van der Waals surface area contributed by atoms with Crippen LogP contribution in [0.2, 0.25) is 0 Å². The van der Waals surface area contributed by atoms with Crippen LogP contribution in [0.1, 0.15) is 17.0 Å². The maximum absolute atomic E-state index is 5.79. The lowest BCUT2D eigenvalue weighted by atomic mass is 10.1. The standard InChI is InChI=1S/C17H15BrN2O2/c1-11-9-15(12(2)8-14(11)18)21-10-16-19-17(20-22-16)13-6-4-3-5-7-13/h3-9H,10H2,1-2H3. The number of halogens is 1. The van der Waals surface area contributed by atoms with E-state index in [9.17, 15) is 0 Å². The lowest BCUT2D eigenvalue weighted by molar-refractivity contribution is 0.241. The molecule has 1 aromatic heterocycles. The lowest BCUT2D eigenvalue weighted by Gasteiger charge is -2.09. The number of hydrogen-bond donors (Lipinski definition) is 0. The summed E-state index contributed by atoms with van der Waals surface area (Å²) < 4.78 is 12.1. The largest absolute Gasteiger partial charge is 0.483 e. The van der Waals surface area contributed by atoms with Crippen LogP contribution < -0.4 is 4.74 Å². The Labute approximate surface area is 137 Å². The molecule has 0 N–H and O–H groups in total. The van der Waals surface area contributed by atoms with Crippen LogP contribution in [0.25, 0.3) is 11.4 Å². The number of nitrogens with zero attached hydrogens (tertiary/aromatic N) is 2. The van der Waals surface area contributed by atoms with Gasteiger partial charge in [-0.3, -0.25) is 0 Å². The summed E-state index contributed by atoms with van der Waals surface area (Å²) in [5.41, 5.74) is 3.10. The van der Waals surface area contributed by atoms with Gasteiger partial charge in [0, 0.05) is 10.0 Å². The van der Waals surface area contributed by atoms with Gasteiger partial charge < -0.3 is 9.26 Å². The van der Waals surface area contributed by atoms with Gasteiger partial charge in [0.1, 0.15) is 5.75 Å². The molecule has 3 rings (SSSR count). The number of hydrogen-bond acceptors (Lipinski definition) is 4. The molecule has 0 atom stereocenters. The predicted octanol–water partition coefficient (Wildman–Crippen LogP) is 4.69. The minimum absolute atomic E-state index is 0.252. The van der Waals surface area contributed by atoms with Crippen molar-refractivity contribution in [3.63, 3.8) is 0 Å². The molecule has 0 amide bonds. The third kappa shape index (κ3) is 3.20. The lowest BCUT2D eigenvalue weighted by Crippen LogP contribution is -1.98. The van der Waals surface area contributed by atoms with Crippen LogP contribution in [-0.4, -0.2) is 10.1 Å². The normalized spacial score (nSPS) is 10.7. The van der Waals surface area contributed by atoms with Crippen molar-refractivity contribution in [2.45, 2.75) is 20.5 Å². The molecule has 112 valence electrons. The van der Waals surface area contributed by atoms with Crippen LogP contribution in [-0.2, 0) is 6.61 Å². The molecular weight excluding hydrogens is 344 g/mol. The van der Waals surface area contributed by atoms with E-state index in [-0.39, 0.29) is 6.61 Å². The molecule has 0 fully saturated rings. The van der Waals surface area contributed by atoms with Gasteiger partial charge >= 0.3 is 0 Å². The van der Waals surface area contributed by atoms with Crippen LogP contribution in [0.15, 0.2) is 51.5 Å². The van der Waals surface area contributed by atoms with Crippen molar-refractivity contribution in [1.82, 2.24) is 10.1 Å². The van der Waals surface area contributed by atoms with Gasteiger partial charge in [-0.2, -0.15) is 4.98 Å². The maximum Gasteiger partial charge on any atom is 0.264 e. The molecule has 22 heavy (non-hydrogen) atoms. The predicted molar refractivity (Wildman–Crippen MR) is 87.7 cm³/mol. The average molecular weight is 359 g/mol. The first kappa shape index (κ1) is 14.8. The number of rotatable bonds is 4. The van der Waals surface area contributed by atoms with E-state index in [4.69, 9.17) is 9.26 Å². The zero-order valence-corrected chi connectivity index (χ0v) is 13.9. The van der Waals surface area contributed by atoms with Crippen molar-refractivity contribution >= 4 is 15.9 Å². The second-order valence-electron chi connectivity index (χ2n) is 5.03. The molecule has 0 bridgehead atoms. The van der Waals surface area contributed by atoms with E-state index >= 15 is 0 Å². The summed E-state index contributed by atoms with van der Waals surface area (Å²) in [5.74, 6) is 1.85. The Balaban J connectivity index is 1.73. The third-order valence-electron chi connectivity index (χ3n) is 3.31. The Bertz CT molecular complexity index is 785. The molecule has 0 aliphatic carbocycles. The fourth-order valence-electron chi connectivity index (χ4n) is 2.07. The van der Waals surface area contributed by atoms with Gasteiger partial charge in [0.25, 0.3) is 5.89 Å². The van der Waals surface area contributed by atoms with Crippen LogP contribution in [0.4, 0.5) is 0 Å². The van der Waals surface area contributed by atoms with Crippen LogP contribution in [0.5, 0.6) is 5.75 Å². The first-order valence-electron chi connectivity index (χ1n) is 6.91. The summed E-state index contributed by atoms with van der Waals surface area (Å²) in [6.07, 6.45) is 0. The van der Waals surface area contributed by atoms with Gasteiger partial charge in [0.2, 0.25) is 5.82 Å². The number of aryl methyl sites for hydroxylation is 2. The molecule has 1 heterocycles. The van der Waals surface area contributed by atoms with Crippen molar-refractivity contribution < 1.29 is 9.26 Å². The average Bonchev–Trinajstić information content (AvgIpc) is 2.99. The van der Waals surface area contributed by atoms with E-state index in [0.717, 1.165) is 26.9 Å². The molecule has 3 aromatic rings. The fraction of sp³-hybridized carbons (Fsp3) is 0.176. The number of ether oxygens (including phenoxy) is 1. The summed E-state index contributed by atoms with van der Waals surface area (Å²) in [6.45, 7) is 4.28. The molecule has 0 aliphatic rings. The smallest absolute Gasteiger partial charge is 0.264 e. The monoisotopic (exact) mass is 358 g/mol. The first-order chi connectivity index (χ1) is 10.6. The summed E-state index contributed by atoms with van der Waals surface area (Å²) in [5, 5.41) is 3.98. The van der Waals surface area contributed by atoms with E-state index in [1.807, 2.05) is 56.3 Å². The molecular formula is C17H15BrN2O2. The molecule has 0 unspecified atom stereocenters. The second-order valence-corrected chi connectivity index (χ2v) is 5.89. The topological polar surface area (TPSA) is 48.2 Å².